The van der Waals surface area contributed by atoms with Crippen LogP contribution in [0.5, 0.6) is 0 Å². The molecule has 132 valence electrons. The van der Waals surface area contributed by atoms with E-state index >= 15 is 0 Å². The summed E-state index contributed by atoms with van der Waals surface area (Å²) in [6.45, 7) is 8.95. The van der Waals surface area contributed by atoms with E-state index in [0.717, 1.165) is 26.8 Å². The molecule has 2 aromatic carbocycles. The molecule has 1 fully saturated rings. The van der Waals surface area contributed by atoms with E-state index in [0.29, 0.717) is 6.54 Å². The molecule has 0 saturated carbocycles. The molecule has 0 aliphatic carbocycles. The first kappa shape index (κ1) is 18.5. The third-order valence-corrected chi connectivity index (χ3v) is 5.48. The number of fused-ring (bicyclic) bond motifs is 1. The molecule has 25 heavy (non-hydrogen) atoms. The second-order valence-corrected chi connectivity index (χ2v) is 7.93. The minimum atomic E-state index is -0.379. The second kappa shape index (κ2) is 6.77. The fourth-order valence-corrected chi connectivity index (χ4v) is 3.33. The first-order chi connectivity index (χ1) is 11.7. The Morgan fingerprint density at radius 1 is 1.08 bits per heavy atom. The van der Waals surface area contributed by atoms with Gasteiger partial charge in [0.2, 0.25) is 0 Å². The average Bonchev–Trinajstić information content (AvgIpc) is 2.75. The molecule has 3 nitrogen and oxygen atoms in total. The van der Waals surface area contributed by atoms with Gasteiger partial charge >= 0.3 is 7.12 Å². The first-order valence-corrected chi connectivity index (χ1v) is 9.01. The number of benzene rings is 2. The van der Waals surface area contributed by atoms with Crippen molar-refractivity contribution in [2.24, 2.45) is 0 Å². The van der Waals surface area contributed by atoms with Crippen molar-refractivity contribution in [2.75, 3.05) is 13.6 Å². The van der Waals surface area contributed by atoms with Gasteiger partial charge in [-0.25, -0.2) is 0 Å². The third kappa shape index (κ3) is 3.49. The van der Waals surface area contributed by atoms with Crippen molar-refractivity contribution in [3.63, 3.8) is 0 Å². The molecule has 2 aromatic rings. The molecule has 5 heteroatoms. The van der Waals surface area contributed by atoms with Crippen LogP contribution in [0.4, 0.5) is 0 Å². The van der Waals surface area contributed by atoms with Gasteiger partial charge in [0.1, 0.15) is 0 Å². The van der Waals surface area contributed by atoms with Crippen molar-refractivity contribution >= 4 is 35.6 Å². The van der Waals surface area contributed by atoms with Crippen molar-refractivity contribution in [3.05, 3.63) is 52.5 Å². The lowest BCUT2D eigenvalue weighted by Gasteiger charge is -2.32. The maximum absolute atomic E-state index is 6.47. The van der Waals surface area contributed by atoms with Crippen LogP contribution in [0.2, 0.25) is 5.02 Å². The number of rotatable bonds is 4. The standard InChI is InChI=1S/C20H25BClNO2/c1-19(2)20(3,4)25-21(24-19)16(13-23-5)12-15-10-6-8-14-9-7-11-17(22)18(14)15/h6-12,23H,13H2,1-5H3. The predicted molar refractivity (Wildman–Crippen MR) is 107 cm³/mol. The summed E-state index contributed by atoms with van der Waals surface area (Å²) >= 11 is 6.47. The minimum Gasteiger partial charge on any atom is -0.400 e. The van der Waals surface area contributed by atoms with Crippen LogP contribution >= 0.6 is 11.6 Å². The maximum atomic E-state index is 6.47. The van der Waals surface area contributed by atoms with Crippen molar-refractivity contribution in [1.29, 1.82) is 0 Å². The van der Waals surface area contributed by atoms with Gasteiger partial charge in [-0.05, 0) is 57.2 Å². The van der Waals surface area contributed by atoms with E-state index in [1.54, 1.807) is 0 Å². The van der Waals surface area contributed by atoms with Crippen LogP contribution in [0.15, 0.2) is 41.9 Å². The normalized spacial score (nSPS) is 19.6. The number of hydrogen-bond donors (Lipinski definition) is 1. The van der Waals surface area contributed by atoms with Crippen LogP contribution in [0, 0.1) is 0 Å². The van der Waals surface area contributed by atoms with Crippen molar-refractivity contribution < 1.29 is 9.31 Å². The average molecular weight is 358 g/mol. The molecule has 0 spiro atoms. The van der Waals surface area contributed by atoms with Gasteiger partial charge in [0.05, 0.1) is 11.2 Å². The van der Waals surface area contributed by atoms with Gasteiger partial charge in [-0.15, -0.1) is 0 Å². The molecule has 0 bridgehead atoms. The van der Waals surface area contributed by atoms with E-state index in [-0.39, 0.29) is 18.3 Å². The van der Waals surface area contributed by atoms with Gasteiger partial charge in [0, 0.05) is 17.0 Å². The summed E-state index contributed by atoms with van der Waals surface area (Å²) in [5, 5.41) is 6.15. The zero-order chi connectivity index (χ0) is 18.2. The Morgan fingerprint density at radius 3 is 2.28 bits per heavy atom. The topological polar surface area (TPSA) is 30.5 Å². The summed E-state index contributed by atoms with van der Waals surface area (Å²) in [6.07, 6.45) is 2.13. The Balaban J connectivity index is 2.06. The van der Waals surface area contributed by atoms with E-state index in [1.165, 1.54) is 0 Å². The monoisotopic (exact) mass is 357 g/mol. The molecule has 0 amide bonds. The summed E-state index contributed by atoms with van der Waals surface area (Å²) in [5.74, 6) is 0. The van der Waals surface area contributed by atoms with Gasteiger partial charge in [0.15, 0.2) is 0 Å². The Bertz CT molecular complexity index is 795. The molecule has 1 aliphatic rings. The minimum absolute atomic E-state index is 0.360. The van der Waals surface area contributed by atoms with E-state index < -0.39 is 0 Å². The predicted octanol–water partition coefficient (Wildman–Crippen LogP) is 4.73. The highest BCUT2D eigenvalue weighted by atomic mass is 35.5. The Morgan fingerprint density at radius 2 is 1.68 bits per heavy atom. The molecule has 1 aliphatic heterocycles. The van der Waals surface area contributed by atoms with Crippen LogP contribution in [0.3, 0.4) is 0 Å². The molecular formula is C20H25BClNO2. The highest BCUT2D eigenvalue weighted by Crippen LogP contribution is 2.39. The highest BCUT2D eigenvalue weighted by molar-refractivity contribution is 6.56. The second-order valence-electron chi connectivity index (χ2n) is 7.52. The zero-order valence-corrected chi connectivity index (χ0v) is 16.3. The van der Waals surface area contributed by atoms with Gasteiger partial charge in [0.25, 0.3) is 0 Å². The van der Waals surface area contributed by atoms with Gasteiger partial charge in [-0.3, -0.25) is 0 Å². The molecule has 0 atom stereocenters. The third-order valence-electron chi connectivity index (χ3n) is 5.16. The van der Waals surface area contributed by atoms with E-state index in [2.05, 4.69) is 57.3 Å². The van der Waals surface area contributed by atoms with Gasteiger partial charge < -0.3 is 14.6 Å². The van der Waals surface area contributed by atoms with Crippen LogP contribution in [-0.4, -0.2) is 31.9 Å². The van der Waals surface area contributed by atoms with E-state index in [4.69, 9.17) is 20.9 Å². The molecule has 3 rings (SSSR count). The van der Waals surface area contributed by atoms with Crippen LogP contribution < -0.4 is 5.32 Å². The maximum Gasteiger partial charge on any atom is 0.491 e. The van der Waals surface area contributed by atoms with Crippen molar-refractivity contribution in [3.8, 4) is 0 Å². The molecular weight excluding hydrogens is 332 g/mol. The summed E-state index contributed by atoms with van der Waals surface area (Å²) in [6, 6.07) is 12.2. The SMILES string of the molecule is CNCC(=Cc1cccc2cccc(Cl)c12)B1OC(C)(C)C(C)(C)O1. The fraction of sp³-hybridized carbons (Fsp3) is 0.400. The first-order valence-electron chi connectivity index (χ1n) is 8.63. The molecule has 1 N–H and O–H groups in total. The lowest BCUT2D eigenvalue weighted by Crippen LogP contribution is -2.41. The van der Waals surface area contributed by atoms with Crippen LogP contribution in [0.25, 0.3) is 16.8 Å². The molecule has 1 heterocycles. The number of halogens is 1. The van der Waals surface area contributed by atoms with Crippen molar-refractivity contribution in [2.45, 2.75) is 38.9 Å². The molecule has 0 aromatic heterocycles. The summed E-state index contributed by atoms with van der Waals surface area (Å²) in [7, 11) is 1.55. The largest absolute Gasteiger partial charge is 0.491 e. The zero-order valence-electron chi connectivity index (χ0n) is 15.5. The number of likely N-dealkylation sites (N-methyl/N-ethyl adjacent to an activating group) is 1. The van der Waals surface area contributed by atoms with E-state index in [1.807, 2.05) is 25.2 Å². The molecule has 0 unspecified atom stereocenters. The number of nitrogens with one attached hydrogen (secondary N) is 1. The fourth-order valence-electron chi connectivity index (χ4n) is 3.04. The van der Waals surface area contributed by atoms with Crippen LogP contribution in [-0.2, 0) is 9.31 Å². The number of hydrogen-bond acceptors (Lipinski definition) is 3. The highest BCUT2D eigenvalue weighted by Gasteiger charge is 2.52. The van der Waals surface area contributed by atoms with Gasteiger partial charge in [-0.2, -0.15) is 0 Å². The molecule has 0 radical (unpaired) electrons. The Labute approximate surface area is 155 Å². The van der Waals surface area contributed by atoms with Crippen molar-refractivity contribution in [1.82, 2.24) is 5.32 Å². The lowest BCUT2D eigenvalue weighted by atomic mass is 9.76. The molecule has 1 saturated heterocycles. The summed E-state index contributed by atoms with van der Waals surface area (Å²) < 4.78 is 12.5. The van der Waals surface area contributed by atoms with Crippen LogP contribution in [0.1, 0.15) is 33.3 Å². The Kier molecular flexibility index (Phi) is 5.00. The summed E-state index contributed by atoms with van der Waals surface area (Å²) in [5.41, 5.74) is 1.40. The quantitative estimate of drug-likeness (QED) is 0.803. The van der Waals surface area contributed by atoms with E-state index in [9.17, 15) is 0 Å². The lowest BCUT2D eigenvalue weighted by molar-refractivity contribution is 0.00578. The summed E-state index contributed by atoms with van der Waals surface area (Å²) in [4.78, 5) is 0. The Hall–Kier alpha value is -1.33. The van der Waals surface area contributed by atoms with Gasteiger partial charge in [-0.1, -0.05) is 48.0 Å². The smallest absolute Gasteiger partial charge is 0.400 e.